The average molecular weight is 324 g/mol. The first kappa shape index (κ1) is 16.3. The van der Waals surface area contributed by atoms with E-state index in [0.717, 1.165) is 41.7 Å². The van der Waals surface area contributed by atoms with Crippen LogP contribution in [0.15, 0.2) is 57.7 Å². The van der Waals surface area contributed by atoms with Gasteiger partial charge in [-0.3, -0.25) is 0 Å². The standard InChI is InChI=1S/C20H20O4/c1-22-11-3-4-14-5-6-16-13-18(20(21)24-19(16)12-14)15-7-9-17(23-2)10-8-15/h5-10,12-13H,3-4,11H2,1-2H3. The fourth-order valence-electron chi connectivity index (χ4n) is 2.70. The van der Waals surface area contributed by atoms with Gasteiger partial charge in [0.1, 0.15) is 11.3 Å². The third-order valence-corrected chi connectivity index (χ3v) is 4.02. The lowest BCUT2D eigenvalue weighted by molar-refractivity contribution is 0.195. The molecule has 0 unspecified atom stereocenters. The Labute approximate surface area is 140 Å². The zero-order valence-electron chi connectivity index (χ0n) is 13.9. The summed E-state index contributed by atoms with van der Waals surface area (Å²) in [5, 5.41) is 0.913. The van der Waals surface area contributed by atoms with Crippen molar-refractivity contribution in [2.24, 2.45) is 0 Å². The van der Waals surface area contributed by atoms with Gasteiger partial charge >= 0.3 is 5.63 Å². The van der Waals surface area contributed by atoms with Crippen LogP contribution >= 0.6 is 0 Å². The van der Waals surface area contributed by atoms with Crippen LogP contribution in [-0.4, -0.2) is 20.8 Å². The Bertz CT molecular complexity index is 878. The van der Waals surface area contributed by atoms with Gasteiger partial charge in [-0.25, -0.2) is 4.79 Å². The number of ether oxygens (including phenoxy) is 2. The molecule has 0 radical (unpaired) electrons. The van der Waals surface area contributed by atoms with Gasteiger partial charge in [-0.15, -0.1) is 0 Å². The average Bonchev–Trinajstić information content (AvgIpc) is 2.61. The van der Waals surface area contributed by atoms with Crippen LogP contribution in [0.5, 0.6) is 5.75 Å². The molecule has 2 aromatic carbocycles. The molecule has 3 aromatic rings. The van der Waals surface area contributed by atoms with Gasteiger partial charge < -0.3 is 13.9 Å². The molecule has 0 saturated carbocycles. The molecule has 4 heteroatoms. The minimum atomic E-state index is -0.332. The molecule has 0 fully saturated rings. The van der Waals surface area contributed by atoms with E-state index in [-0.39, 0.29) is 5.63 Å². The molecular weight excluding hydrogens is 304 g/mol. The molecule has 0 N–H and O–H groups in total. The molecule has 0 saturated heterocycles. The molecule has 3 rings (SSSR count). The van der Waals surface area contributed by atoms with E-state index < -0.39 is 0 Å². The Morgan fingerprint density at radius 1 is 1.00 bits per heavy atom. The number of aryl methyl sites for hydroxylation is 1. The fraction of sp³-hybridized carbons (Fsp3) is 0.250. The zero-order valence-corrected chi connectivity index (χ0v) is 13.9. The molecule has 1 aromatic heterocycles. The summed E-state index contributed by atoms with van der Waals surface area (Å²) >= 11 is 0. The van der Waals surface area contributed by atoms with Crippen molar-refractivity contribution in [3.63, 3.8) is 0 Å². The van der Waals surface area contributed by atoms with E-state index >= 15 is 0 Å². The third-order valence-electron chi connectivity index (χ3n) is 4.02. The van der Waals surface area contributed by atoms with Crippen molar-refractivity contribution in [3.8, 4) is 16.9 Å². The topological polar surface area (TPSA) is 48.7 Å². The first-order chi connectivity index (χ1) is 11.7. The van der Waals surface area contributed by atoms with Crippen molar-refractivity contribution in [2.45, 2.75) is 12.8 Å². The highest BCUT2D eigenvalue weighted by Gasteiger charge is 2.08. The lowest BCUT2D eigenvalue weighted by Gasteiger charge is -2.06. The molecule has 0 spiro atoms. The highest BCUT2D eigenvalue weighted by atomic mass is 16.5. The lowest BCUT2D eigenvalue weighted by Crippen LogP contribution is -2.03. The van der Waals surface area contributed by atoms with Crippen molar-refractivity contribution >= 4 is 11.0 Å². The quantitative estimate of drug-likeness (QED) is 0.507. The first-order valence-electron chi connectivity index (χ1n) is 7.91. The van der Waals surface area contributed by atoms with Crippen molar-refractivity contribution in [2.75, 3.05) is 20.8 Å². The monoisotopic (exact) mass is 324 g/mol. The second-order valence-corrected chi connectivity index (χ2v) is 5.64. The fourth-order valence-corrected chi connectivity index (χ4v) is 2.70. The molecule has 0 bridgehead atoms. The maximum atomic E-state index is 12.3. The summed E-state index contributed by atoms with van der Waals surface area (Å²) in [5.74, 6) is 0.754. The second-order valence-electron chi connectivity index (χ2n) is 5.64. The molecule has 0 amide bonds. The predicted molar refractivity (Wildman–Crippen MR) is 94.7 cm³/mol. The van der Waals surface area contributed by atoms with E-state index in [1.807, 2.05) is 42.5 Å². The third kappa shape index (κ3) is 3.49. The normalized spacial score (nSPS) is 10.9. The summed E-state index contributed by atoms with van der Waals surface area (Å²) in [6.07, 6.45) is 1.84. The Balaban J connectivity index is 1.94. The van der Waals surface area contributed by atoms with Gasteiger partial charge in [0.2, 0.25) is 0 Å². The predicted octanol–water partition coefficient (Wildman–Crippen LogP) is 4.05. The highest BCUT2D eigenvalue weighted by molar-refractivity contribution is 5.82. The summed E-state index contributed by atoms with van der Waals surface area (Å²) in [5.41, 5.74) is 2.79. The number of methoxy groups -OCH3 is 2. The second kappa shape index (κ2) is 7.32. The number of fused-ring (bicyclic) bond motifs is 1. The summed E-state index contributed by atoms with van der Waals surface area (Å²) < 4.78 is 15.8. The lowest BCUT2D eigenvalue weighted by atomic mass is 10.0. The number of hydrogen-bond donors (Lipinski definition) is 0. The van der Waals surface area contributed by atoms with Gasteiger partial charge in [0.15, 0.2) is 0 Å². The Morgan fingerprint density at radius 2 is 1.79 bits per heavy atom. The van der Waals surface area contributed by atoms with Crippen molar-refractivity contribution in [3.05, 3.63) is 64.5 Å². The number of benzene rings is 2. The van der Waals surface area contributed by atoms with Gasteiger partial charge in [-0.05, 0) is 48.2 Å². The summed E-state index contributed by atoms with van der Waals surface area (Å²) in [4.78, 5) is 12.3. The van der Waals surface area contributed by atoms with Crippen LogP contribution in [0.1, 0.15) is 12.0 Å². The minimum Gasteiger partial charge on any atom is -0.497 e. The number of rotatable bonds is 6. The summed E-state index contributed by atoms with van der Waals surface area (Å²) in [6, 6.07) is 15.2. The maximum Gasteiger partial charge on any atom is 0.344 e. The van der Waals surface area contributed by atoms with Crippen LogP contribution in [0.3, 0.4) is 0 Å². The molecule has 0 atom stereocenters. The van der Waals surface area contributed by atoms with Crippen LogP contribution < -0.4 is 10.4 Å². The molecule has 0 aliphatic rings. The van der Waals surface area contributed by atoms with E-state index in [1.54, 1.807) is 14.2 Å². The molecule has 24 heavy (non-hydrogen) atoms. The molecule has 0 aliphatic heterocycles. The van der Waals surface area contributed by atoms with E-state index in [4.69, 9.17) is 13.9 Å². The Hall–Kier alpha value is -2.59. The molecular formula is C20H20O4. The summed E-state index contributed by atoms with van der Waals surface area (Å²) in [7, 11) is 3.31. The van der Waals surface area contributed by atoms with Gasteiger partial charge in [-0.2, -0.15) is 0 Å². The van der Waals surface area contributed by atoms with E-state index in [1.165, 1.54) is 0 Å². The number of hydrogen-bond acceptors (Lipinski definition) is 4. The van der Waals surface area contributed by atoms with Crippen molar-refractivity contribution in [1.82, 2.24) is 0 Å². The van der Waals surface area contributed by atoms with E-state index in [0.29, 0.717) is 11.1 Å². The van der Waals surface area contributed by atoms with Gasteiger partial charge in [0, 0.05) is 19.1 Å². The van der Waals surface area contributed by atoms with Crippen LogP contribution in [0, 0.1) is 0 Å². The minimum absolute atomic E-state index is 0.332. The van der Waals surface area contributed by atoms with E-state index in [9.17, 15) is 4.79 Å². The van der Waals surface area contributed by atoms with Crippen LogP contribution in [0.25, 0.3) is 22.1 Å². The molecule has 4 nitrogen and oxygen atoms in total. The van der Waals surface area contributed by atoms with Gasteiger partial charge in [0.25, 0.3) is 0 Å². The van der Waals surface area contributed by atoms with Gasteiger partial charge in [0.05, 0.1) is 12.7 Å². The van der Waals surface area contributed by atoms with Crippen LogP contribution in [0.4, 0.5) is 0 Å². The van der Waals surface area contributed by atoms with Crippen molar-refractivity contribution < 1.29 is 13.9 Å². The van der Waals surface area contributed by atoms with Crippen molar-refractivity contribution in [1.29, 1.82) is 0 Å². The first-order valence-corrected chi connectivity index (χ1v) is 7.91. The molecule has 124 valence electrons. The zero-order chi connectivity index (χ0) is 16.9. The summed E-state index contributed by atoms with van der Waals surface area (Å²) in [6.45, 7) is 0.721. The largest absolute Gasteiger partial charge is 0.497 e. The molecule has 1 heterocycles. The highest BCUT2D eigenvalue weighted by Crippen LogP contribution is 2.24. The SMILES string of the molecule is COCCCc1ccc2cc(-c3ccc(OC)cc3)c(=O)oc2c1. The van der Waals surface area contributed by atoms with Crippen LogP contribution in [-0.2, 0) is 11.2 Å². The smallest absolute Gasteiger partial charge is 0.344 e. The Morgan fingerprint density at radius 3 is 2.50 bits per heavy atom. The Kier molecular flexibility index (Phi) is 4.96. The van der Waals surface area contributed by atoms with Crippen LogP contribution in [0.2, 0.25) is 0 Å². The maximum absolute atomic E-state index is 12.3. The van der Waals surface area contributed by atoms with Gasteiger partial charge in [-0.1, -0.05) is 24.3 Å². The van der Waals surface area contributed by atoms with E-state index in [2.05, 4.69) is 6.07 Å². The molecule has 0 aliphatic carbocycles.